The van der Waals surface area contributed by atoms with E-state index in [0.29, 0.717) is 38.6 Å². The average molecular weight is 522 g/mol. The Hall–Kier alpha value is -3.80. The van der Waals surface area contributed by atoms with Gasteiger partial charge in [-0.1, -0.05) is 0 Å². The lowest BCUT2D eigenvalue weighted by atomic mass is 10.2. The highest BCUT2D eigenvalue weighted by Gasteiger charge is 2.17. The van der Waals surface area contributed by atoms with Gasteiger partial charge in [0.2, 0.25) is 6.79 Å². The Morgan fingerprint density at radius 3 is 2.70 bits per heavy atom. The summed E-state index contributed by atoms with van der Waals surface area (Å²) in [6.07, 6.45) is 1.38. The van der Waals surface area contributed by atoms with Crippen molar-refractivity contribution >= 4 is 39.9 Å². The molecule has 2 aromatic carbocycles. The van der Waals surface area contributed by atoms with E-state index in [1.54, 1.807) is 24.3 Å². The molecule has 0 bridgehead atoms. The van der Waals surface area contributed by atoms with Gasteiger partial charge in [-0.3, -0.25) is 9.59 Å². The summed E-state index contributed by atoms with van der Waals surface area (Å²) < 4.78 is 26.2. The first-order valence-corrected chi connectivity index (χ1v) is 10.3. The van der Waals surface area contributed by atoms with Crippen molar-refractivity contribution in [2.75, 3.05) is 34.2 Å². The van der Waals surface area contributed by atoms with Crippen LogP contribution in [0.1, 0.15) is 15.9 Å². The maximum atomic E-state index is 12.2. The molecule has 0 spiro atoms. The molecule has 0 aliphatic carbocycles. The molecule has 2 amide bonds. The van der Waals surface area contributed by atoms with Crippen molar-refractivity contribution in [3.8, 4) is 23.0 Å². The summed E-state index contributed by atoms with van der Waals surface area (Å²) in [6.45, 7) is -0.461. The molecule has 0 saturated heterocycles. The predicted octanol–water partition coefficient (Wildman–Crippen LogP) is 1.62. The molecule has 2 N–H and O–H groups in total. The lowest BCUT2D eigenvalue weighted by molar-refractivity contribution is -0.143. The first-order chi connectivity index (χ1) is 15.9. The molecule has 0 saturated carbocycles. The molecule has 2 aromatic rings. The van der Waals surface area contributed by atoms with Crippen LogP contribution < -0.4 is 29.7 Å². The maximum absolute atomic E-state index is 12.2. The number of methoxy groups -OCH3 is 2. The third kappa shape index (κ3) is 6.35. The minimum absolute atomic E-state index is 0.104. The van der Waals surface area contributed by atoms with E-state index < -0.39 is 17.8 Å². The van der Waals surface area contributed by atoms with Crippen LogP contribution >= 0.6 is 15.9 Å². The Morgan fingerprint density at radius 1 is 1.15 bits per heavy atom. The number of hydrogen-bond donors (Lipinski definition) is 2. The van der Waals surface area contributed by atoms with Crippen molar-refractivity contribution < 1.29 is 38.1 Å². The number of hydrazone groups is 1. The van der Waals surface area contributed by atoms with Crippen molar-refractivity contribution in [3.63, 3.8) is 0 Å². The molecule has 1 aliphatic rings. The van der Waals surface area contributed by atoms with E-state index in [1.807, 2.05) is 0 Å². The van der Waals surface area contributed by atoms with Gasteiger partial charge >= 0.3 is 5.97 Å². The van der Waals surface area contributed by atoms with Crippen LogP contribution in [0.2, 0.25) is 0 Å². The molecule has 0 radical (unpaired) electrons. The number of esters is 1. The normalized spacial score (nSPS) is 11.7. The van der Waals surface area contributed by atoms with Crippen molar-refractivity contribution in [1.29, 1.82) is 0 Å². The second kappa shape index (κ2) is 11.2. The number of carbonyl (C=O) groups excluding carboxylic acids is 3. The van der Waals surface area contributed by atoms with Crippen LogP contribution in [-0.2, 0) is 14.3 Å². The Morgan fingerprint density at radius 2 is 1.94 bits per heavy atom. The van der Waals surface area contributed by atoms with Crippen LogP contribution in [0.3, 0.4) is 0 Å². The van der Waals surface area contributed by atoms with E-state index in [9.17, 15) is 14.4 Å². The van der Waals surface area contributed by atoms with Crippen LogP contribution in [0.4, 0.5) is 0 Å². The number of amides is 2. The van der Waals surface area contributed by atoms with Gasteiger partial charge in [0.05, 0.1) is 31.5 Å². The molecule has 174 valence electrons. The lowest BCUT2D eigenvalue weighted by Gasteiger charge is -2.12. The summed E-state index contributed by atoms with van der Waals surface area (Å²) in [5, 5.41) is 6.37. The van der Waals surface area contributed by atoms with Crippen LogP contribution in [0.25, 0.3) is 0 Å². The highest BCUT2D eigenvalue weighted by molar-refractivity contribution is 9.10. The monoisotopic (exact) mass is 521 g/mol. The van der Waals surface area contributed by atoms with Gasteiger partial charge in [0.1, 0.15) is 0 Å². The quantitative estimate of drug-likeness (QED) is 0.289. The second-order valence-electron chi connectivity index (χ2n) is 6.44. The summed E-state index contributed by atoms with van der Waals surface area (Å²) in [7, 11) is 2.70. The fourth-order valence-corrected chi connectivity index (χ4v) is 3.24. The Labute approximate surface area is 197 Å². The van der Waals surface area contributed by atoms with Crippen LogP contribution in [0.15, 0.2) is 39.9 Å². The van der Waals surface area contributed by atoms with Crippen LogP contribution in [0.5, 0.6) is 23.0 Å². The zero-order valence-electron chi connectivity index (χ0n) is 17.7. The predicted molar refractivity (Wildman–Crippen MR) is 119 cm³/mol. The van der Waals surface area contributed by atoms with Crippen LogP contribution in [-0.4, -0.2) is 58.2 Å². The van der Waals surface area contributed by atoms with E-state index in [4.69, 9.17) is 18.9 Å². The van der Waals surface area contributed by atoms with E-state index in [2.05, 4.69) is 36.5 Å². The number of ether oxygens (including phenoxy) is 5. The van der Waals surface area contributed by atoms with E-state index >= 15 is 0 Å². The summed E-state index contributed by atoms with van der Waals surface area (Å²) >= 11 is 3.34. The van der Waals surface area contributed by atoms with E-state index in [-0.39, 0.29) is 19.9 Å². The first-order valence-electron chi connectivity index (χ1n) is 9.48. The highest BCUT2D eigenvalue weighted by atomic mass is 79.9. The van der Waals surface area contributed by atoms with Gasteiger partial charge < -0.3 is 29.0 Å². The van der Waals surface area contributed by atoms with E-state index in [1.165, 1.54) is 26.5 Å². The molecule has 1 heterocycles. The smallest absolute Gasteiger partial charge is 0.343 e. The van der Waals surface area contributed by atoms with Crippen molar-refractivity contribution in [1.82, 2.24) is 10.7 Å². The molecule has 33 heavy (non-hydrogen) atoms. The third-order valence-electron chi connectivity index (χ3n) is 4.26. The number of nitrogens with zero attached hydrogens (tertiary/aromatic N) is 1. The minimum Gasteiger partial charge on any atom is -0.493 e. The molecule has 12 heteroatoms. The SMILES string of the molecule is COC(=O)COc1c(Br)cc(/C=N/NC(=O)CNC(=O)c2ccc3c(c2)OCO3)cc1OC. The van der Waals surface area contributed by atoms with Gasteiger partial charge in [0.25, 0.3) is 11.8 Å². The van der Waals surface area contributed by atoms with Crippen molar-refractivity contribution in [3.05, 3.63) is 45.9 Å². The number of benzene rings is 2. The highest BCUT2D eigenvalue weighted by Crippen LogP contribution is 2.36. The van der Waals surface area contributed by atoms with Crippen LogP contribution in [0, 0.1) is 0 Å². The molecule has 0 aromatic heterocycles. The van der Waals surface area contributed by atoms with E-state index in [0.717, 1.165) is 0 Å². The molecule has 11 nitrogen and oxygen atoms in total. The molecular formula is C21H20BrN3O8. The molecule has 0 fully saturated rings. The Kier molecular flexibility index (Phi) is 8.08. The van der Waals surface area contributed by atoms with Crippen molar-refractivity contribution in [2.45, 2.75) is 0 Å². The fourth-order valence-electron chi connectivity index (χ4n) is 2.66. The standard InChI is InChI=1S/C21H20BrN3O8/c1-29-17-6-12(5-14(22)20(17)31-10-19(27)30-2)8-24-25-18(26)9-23-21(28)13-3-4-15-16(7-13)33-11-32-15/h3-8H,9-11H2,1-2H3,(H,23,28)(H,25,26)/b24-8+. The topological polar surface area (TPSA) is 134 Å². The minimum atomic E-state index is -0.539. The molecule has 0 atom stereocenters. The van der Waals surface area contributed by atoms with Gasteiger partial charge in [-0.05, 0) is 51.8 Å². The van der Waals surface area contributed by atoms with Gasteiger partial charge in [0, 0.05) is 5.56 Å². The van der Waals surface area contributed by atoms with Gasteiger partial charge in [-0.15, -0.1) is 0 Å². The lowest BCUT2D eigenvalue weighted by Crippen LogP contribution is -2.34. The third-order valence-corrected chi connectivity index (χ3v) is 4.85. The van der Waals surface area contributed by atoms with Gasteiger partial charge in [-0.25, -0.2) is 10.2 Å². The average Bonchev–Trinajstić information content (AvgIpc) is 3.29. The second-order valence-corrected chi connectivity index (χ2v) is 7.30. The molecular weight excluding hydrogens is 502 g/mol. The number of rotatable bonds is 9. The molecule has 1 aliphatic heterocycles. The summed E-state index contributed by atoms with van der Waals surface area (Å²) in [5.41, 5.74) is 3.23. The number of carbonyl (C=O) groups is 3. The number of fused-ring (bicyclic) bond motifs is 1. The Bertz CT molecular complexity index is 1090. The summed E-state index contributed by atoms with van der Waals surface area (Å²) in [5.74, 6) is 0.188. The fraction of sp³-hybridized carbons (Fsp3) is 0.238. The largest absolute Gasteiger partial charge is 0.493 e. The molecule has 3 rings (SSSR count). The number of nitrogens with one attached hydrogen (secondary N) is 2. The van der Waals surface area contributed by atoms with Gasteiger partial charge in [0.15, 0.2) is 29.6 Å². The van der Waals surface area contributed by atoms with Crippen molar-refractivity contribution in [2.24, 2.45) is 5.10 Å². The summed E-state index contributed by atoms with van der Waals surface area (Å²) in [6, 6.07) is 8.00. The summed E-state index contributed by atoms with van der Waals surface area (Å²) in [4.78, 5) is 35.5. The maximum Gasteiger partial charge on any atom is 0.343 e. The zero-order valence-corrected chi connectivity index (χ0v) is 19.3. The first kappa shape index (κ1) is 23.9. The Balaban J connectivity index is 1.52. The molecule has 0 unspecified atom stereocenters. The number of hydrogen-bond acceptors (Lipinski definition) is 9. The van der Waals surface area contributed by atoms with Gasteiger partial charge in [-0.2, -0.15) is 5.10 Å². The number of halogens is 1. The zero-order chi connectivity index (χ0) is 23.8.